The molecule has 3 heterocycles. The van der Waals surface area contributed by atoms with E-state index in [9.17, 15) is 19.2 Å². The topological polar surface area (TPSA) is 165 Å². The number of benzene rings is 3. The number of nitrogens with zero attached hydrogens (tertiary/aromatic N) is 7. The highest BCUT2D eigenvalue weighted by Crippen LogP contribution is 2.45. The van der Waals surface area contributed by atoms with Crippen LogP contribution in [0.15, 0.2) is 84.8 Å². The summed E-state index contributed by atoms with van der Waals surface area (Å²) in [6.07, 6.45) is 1.32. The first-order chi connectivity index (χ1) is 27.7. The number of esters is 1. The van der Waals surface area contributed by atoms with Crippen molar-refractivity contribution in [2.24, 2.45) is 0 Å². The molecule has 0 aliphatic carbocycles. The van der Waals surface area contributed by atoms with Gasteiger partial charge in [0.15, 0.2) is 5.60 Å². The second-order valence-electron chi connectivity index (χ2n) is 13.3. The molecule has 0 spiro atoms. The van der Waals surface area contributed by atoms with Gasteiger partial charge < -0.3 is 24.1 Å². The van der Waals surface area contributed by atoms with Gasteiger partial charge in [-0.15, -0.1) is 11.3 Å². The van der Waals surface area contributed by atoms with Crippen molar-refractivity contribution in [2.45, 2.75) is 31.5 Å². The zero-order chi connectivity index (χ0) is 40.2. The minimum absolute atomic E-state index is 0.00608. The third-order valence-electron chi connectivity index (χ3n) is 9.61. The van der Waals surface area contributed by atoms with E-state index < -0.39 is 42.1 Å². The number of aromatic nitrogens is 4. The molecule has 0 bridgehead atoms. The second kappa shape index (κ2) is 19.5. The molecule has 3 aromatic carbocycles. The summed E-state index contributed by atoms with van der Waals surface area (Å²) in [4.78, 5) is 39.9. The molecule has 14 nitrogen and oxygen atoms in total. The van der Waals surface area contributed by atoms with E-state index in [4.69, 9.17) is 29.0 Å². The van der Waals surface area contributed by atoms with Crippen molar-refractivity contribution in [1.82, 2.24) is 29.5 Å². The number of thiazole rings is 1. The fourth-order valence-corrected chi connectivity index (χ4v) is 7.50. The number of hydrogen-bond acceptors (Lipinski definition) is 14. The first-order valence-corrected chi connectivity index (χ1v) is 19.0. The van der Waals surface area contributed by atoms with Gasteiger partial charge in [0.05, 0.1) is 55.2 Å². The third kappa shape index (κ3) is 10.6. The van der Waals surface area contributed by atoms with Crippen LogP contribution in [0.5, 0.6) is 0 Å². The zero-order valence-corrected chi connectivity index (χ0v) is 31.9. The van der Waals surface area contributed by atoms with E-state index in [2.05, 4.69) is 26.0 Å². The Morgan fingerprint density at radius 3 is 2.53 bits per heavy atom. The first-order valence-electron chi connectivity index (χ1n) is 18.2. The Labute approximate surface area is 331 Å². The average molecular weight is 802 g/mol. The van der Waals surface area contributed by atoms with E-state index >= 15 is 4.39 Å². The Kier molecular flexibility index (Phi) is 14.0. The summed E-state index contributed by atoms with van der Waals surface area (Å²) < 4.78 is 53.3. The zero-order valence-electron chi connectivity index (χ0n) is 31.1. The van der Waals surface area contributed by atoms with Crippen molar-refractivity contribution in [3.63, 3.8) is 0 Å². The highest BCUT2D eigenvalue weighted by atomic mass is 32.1. The van der Waals surface area contributed by atoms with Crippen LogP contribution < -0.4 is 0 Å². The summed E-state index contributed by atoms with van der Waals surface area (Å²) in [5.74, 6) is -3.45. The molecule has 0 radical (unpaired) electrons. The van der Waals surface area contributed by atoms with Crippen molar-refractivity contribution >= 4 is 23.5 Å². The van der Waals surface area contributed by atoms with Crippen molar-refractivity contribution in [1.29, 1.82) is 5.26 Å². The second-order valence-corrected chi connectivity index (χ2v) is 14.2. The number of rotatable bonds is 17. The Hall–Kier alpha value is -5.64. The smallest absolute Gasteiger partial charge is 0.424 e. The molecule has 1 saturated heterocycles. The molecule has 6 rings (SSSR count). The van der Waals surface area contributed by atoms with E-state index in [-0.39, 0.29) is 24.3 Å². The summed E-state index contributed by atoms with van der Waals surface area (Å²) >= 11 is 1.23. The van der Waals surface area contributed by atoms with Gasteiger partial charge in [-0.2, -0.15) is 10.4 Å². The number of nitriles is 1. The lowest BCUT2D eigenvalue weighted by Crippen LogP contribution is -2.46. The van der Waals surface area contributed by atoms with Crippen LogP contribution in [0.3, 0.4) is 0 Å². The van der Waals surface area contributed by atoms with Crippen LogP contribution in [0.25, 0.3) is 11.3 Å². The predicted octanol–water partition coefficient (Wildman–Crippen LogP) is 5.34. The molecule has 2 atom stereocenters. The molecule has 0 saturated carbocycles. The van der Waals surface area contributed by atoms with Gasteiger partial charge in [-0.1, -0.05) is 31.2 Å². The summed E-state index contributed by atoms with van der Waals surface area (Å²) in [6.45, 7) is 6.32. The van der Waals surface area contributed by atoms with E-state index in [1.165, 1.54) is 34.7 Å². The molecular weight excluding hydrogens is 761 g/mol. The normalized spacial score (nSPS) is 15.0. The van der Waals surface area contributed by atoms with Gasteiger partial charge in [0.1, 0.15) is 29.3 Å². The first kappa shape index (κ1) is 41.0. The van der Waals surface area contributed by atoms with Crippen LogP contribution in [0.4, 0.5) is 13.6 Å². The van der Waals surface area contributed by atoms with Crippen LogP contribution in [0, 0.1) is 23.0 Å². The maximum absolute atomic E-state index is 15.8. The molecule has 1 fully saturated rings. The van der Waals surface area contributed by atoms with Crippen molar-refractivity contribution in [3.05, 3.63) is 124 Å². The van der Waals surface area contributed by atoms with Crippen LogP contribution in [-0.4, -0.2) is 106 Å². The number of hydrogen-bond donors (Lipinski definition) is 1. The van der Waals surface area contributed by atoms with Crippen LogP contribution in [0.1, 0.15) is 44.9 Å². The van der Waals surface area contributed by atoms with E-state index in [1.807, 2.05) is 6.07 Å². The Morgan fingerprint density at radius 1 is 1.02 bits per heavy atom. The van der Waals surface area contributed by atoms with Crippen molar-refractivity contribution in [2.75, 3.05) is 59.3 Å². The molecule has 298 valence electrons. The maximum atomic E-state index is 15.8. The SMILES string of the molecule is CC(c1nc(-c2ccc(C#N)cc2)cs1)C(Cn1cncn1)(OC(=O)OCOC(=O)c1cccc(CN2CCN(CCOCCO)CC2)c1)c1ccc(F)cc1F. The molecule has 5 aromatic rings. The number of carbonyl (C=O) groups excluding carboxylic acids is 2. The highest BCUT2D eigenvalue weighted by Gasteiger charge is 2.47. The van der Waals surface area contributed by atoms with Gasteiger partial charge in [-0.25, -0.2) is 33.0 Å². The fourth-order valence-electron chi connectivity index (χ4n) is 6.53. The van der Waals surface area contributed by atoms with Crippen molar-refractivity contribution in [3.8, 4) is 17.3 Å². The lowest BCUT2D eigenvalue weighted by Gasteiger charge is -2.37. The summed E-state index contributed by atoms with van der Waals surface area (Å²) in [5, 5.41) is 24.4. The number of aliphatic hydroxyl groups excluding tert-OH is 1. The number of piperazine rings is 1. The molecule has 2 aromatic heterocycles. The van der Waals surface area contributed by atoms with Gasteiger partial charge in [-0.05, 0) is 42.0 Å². The fraction of sp³-hybridized carbons (Fsp3) is 0.350. The lowest BCUT2D eigenvalue weighted by atomic mass is 9.81. The van der Waals surface area contributed by atoms with Crippen molar-refractivity contribution < 1.29 is 42.4 Å². The number of aliphatic hydroxyl groups is 1. The molecular formula is C40H41F2N7O7S. The Morgan fingerprint density at radius 2 is 1.81 bits per heavy atom. The predicted molar refractivity (Wildman–Crippen MR) is 203 cm³/mol. The van der Waals surface area contributed by atoms with Gasteiger partial charge >= 0.3 is 12.1 Å². The lowest BCUT2D eigenvalue weighted by molar-refractivity contribution is -0.0882. The van der Waals surface area contributed by atoms with Gasteiger partial charge in [0.2, 0.25) is 6.79 Å². The van der Waals surface area contributed by atoms with Crippen LogP contribution in [0.2, 0.25) is 0 Å². The maximum Gasteiger partial charge on any atom is 0.512 e. The van der Waals surface area contributed by atoms with E-state index in [1.54, 1.807) is 54.8 Å². The average Bonchev–Trinajstić information content (AvgIpc) is 3.93. The largest absolute Gasteiger partial charge is 0.512 e. The van der Waals surface area contributed by atoms with Crippen LogP contribution >= 0.6 is 11.3 Å². The summed E-state index contributed by atoms with van der Waals surface area (Å²) in [6, 6.07) is 18.8. The van der Waals surface area contributed by atoms with Crippen LogP contribution in [-0.2, 0) is 37.6 Å². The Balaban J connectivity index is 1.14. The molecule has 1 aliphatic heterocycles. The minimum Gasteiger partial charge on any atom is -0.424 e. The monoisotopic (exact) mass is 801 g/mol. The van der Waals surface area contributed by atoms with Gasteiger partial charge in [-0.3, -0.25) is 9.80 Å². The van der Waals surface area contributed by atoms with E-state index in [0.717, 1.165) is 49.9 Å². The molecule has 1 N–H and O–H groups in total. The minimum atomic E-state index is -1.93. The summed E-state index contributed by atoms with van der Waals surface area (Å²) in [7, 11) is 0. The molecule has 2 unspecified atom stereocenters. The Bertz CT molecular complexity index is 2140. The molecule has 57 heavy (non-hydrogen) atoms. The molecule has 1 aliphatic rings. The highest BCUT2D eigenvalue weighted by molar-refractivity contribution is 7.10. The van der Waals surface area contributed by atoms with E-state index in [0.29, 0.717) is 42.1 Å². The molecule has 17 heteroatoms. The number of carbonyl (C=O) groups is 2. The quantitative estimate of drug-likeness (QED) is 0.0728. The third-order valence-corrected chi connectivity index (χ3v) is 10.6. The summed E-state index contributed by atoms with van der Waals surface area (Å²) in [5.41, 5.74) is 0.823. The standard InChI is InChI=1S/C40H41F2N7O7S/c1-28(37-46-36(23-57-37)31-7-5-29(21-43)6-8-31)40(24-49-26-44-25-45-49,34-10-9-33(41)20-35(34)42)56-39(52)55-27-54-38(51)32-4-2-3-30(19-32)22-48-13-11-47(12-14-48)15-17-53-18-16-50/h2-10,19-20,23,25-26,28,50H,11-18,22,24,27H2,1H3. The molecule has 0 amide bonds. The van der Waals surface area contributed by atoms with Gasteiger partial charge in [0, 0.05) is 61.8 Å². The number of ether oxygens (including phenoxy) is 4. The van der Waals surface area contributed by atoms with Gasteiger partial charge in [0.25, 0.3) is 0 Å². The number of halogens is 2.